The molecular weight excluding hydrogens is 220 g/mol. The van der Waals surface area contributed by atoms with Gasteiger partial charge in [-0.3, -0.25) is 0 Å². The van der Waals surface area contributed by atoms with Gasteiger partial charge in [-0.05, 0) is 43.2 Å². The molecule has 2 aromatic carbocycles. The summed E-state index contributed by atoms with van der Waals surface area (Å²) in [4.78, 5) is 2.25. The largest absolute Gasteiger partial charge is 0.399 e. The maximum atomic E-state index is 5.69. The summed E-state index contributed by atoms with van der Waals surface area (Å²) in [5.41, 5.74) is 10.4. The van der Waals surface area contributed by atoms with Crippen LogP contribution in [-0.2, 0) is 6.42 Å². The maximum absolute atomic E-state index is 5.69. The summed E-state index contributed by atoms with van der Waals surface area (Å²) >= 11 is 0. The second-order valence-electron chi connectivity index (χ2n) is 4.75. The highest BCUT2D eigenvalue weighted by Crippen LogP contribution is 2.15. The summed E-state index contributed by atoms with van der Waals surface area (Å²) in [5.74, 6) is 0. The van der Waals surface area contributed by atoms with Gasteiger partial charge in [-0.15, -0.1) is 0 Å². The number of nitrogen functional groups attached to an aromatic ring is 1. The predicted molar refractivity (Wildman–Crippen MR) is 79.0 cm³/mol. The number of hydrogen-bond donors (Lipinski definition) is 1. The quantitative estimate of drug-likeness (QED) is 0.831. The molecule has 94 valence electrons. The Balaban J connectivity index is 1.96. The zero-order chi connectivity index (χ0) is 13.0. The van der Waals surface area contributed by atoms with Crippen LogP contribution in [0.25, 0.3) is 0 Å². The summed E-state index contributed by atoms with van der Waals surface area (Å²) in [6.45, 7) is 3.14. The van der Waals surface area contributed by atoms with Gasteiger partial charge in [0, 0.05) is 25.0 Å². The van der Waals surface area contributed by atoms with Crippen LogP contribution in [0, 0.1) is 6.92 Å². The van der Waals surface area contributed by atoms with Crippen molar-refractivity contribution in [1.82, 2.24) is 0 Å². The van der Waals surface area contributed by atoms with Crippen molar-refractivity contribution in [3.63, 3.8) is 0 Å². The molecule has 0 fully saturated rings. The topological polar surface area (TPSA) is 29.3 Å². The third-order valence-corrected chi connectivity index (χ3v) is 3.15. The molecule has 0 aliphatic heterocycles. The van der Waals surface area contributed by atoms with Crippen LogP contribution in [0.2, 0.25) is 0 Å². The van der Waals surface area contributed by atoms with Crippen molar-refractivity contribution in [2.45, 2.75) is 13.3 Å². The highest BCUT2D eigenvalue weighted by Gasteiger charge is 2.01. The first-order valence-corrected chi connectivity index (χ1v) is 6.27. The van der Waals surface area contributed by atoms with Gasteiger partial charge in [-0.2, -0.15) is 0 Å². The van der Waals surface area contributed by atoms with Crippen molar-refractivity contribution in [3.8, 4) is 0 Å². The average Bonchev–Trinajstić information content (AvgIpc) is 2.37. The second-order valence-corrected chi connectivity index (χ2v) is 4.75. The molecule has 0 aliphatic rings. The lowest BCUT2D eigenvalue weighted by molar-refractivity contribution is 0.876. The van der Waals surface area contributed by atoms with Crippen molar-refractivity contribution in [2.24, 2.45) is 0 Å². The Morgan fingerprint density at radius 3 is 2.44 bits per heavy atom. The Kier molecular flexibility index (Phi) is 3.88. The molecule has 0 bridgehead atoms. The first kappa shape index (κ1) is 12.5. The molecule has 2 rings (SSSR count). The van der Waals surface area contributed by atoms with E-state index in [4.69, 9.17) is 5.73 Å². The minimum Gasteiger partial charge on any atom is -0.399 e. The van der Waals surface area contributed by atoms with E-state index in [0.29, 0.717) is 0 Å². The van der Waals surface area contributed by atoms with E-state index in [-0.39, 0.29) is 0 Å². The minimum absolute atomic E-state index is 0.811. The van der Waals surface area contributed by atoms with Crippen LogP contribution in [0.3, 0.4) is 0 Å². The lowest BCUT2D eigenvalue weighted by atomic mass is 10.1. The standard InChI is InChI=1S/C16H20N2/c1-13-4-3-5-14(12-13)10-11-18(2)16-8-6-15(17)7-9-16/h3-9,12H,10-11,17H2,1-2H3. The molecule has 0 saturated heterocycles. The fourth-order valence-corrected chi connectivity index (χ4v) is 2.02. The average molecular weight is 240 g/mol. The van der Waals surface area contributed by atoms with E-state index in [9.17, 15) is 0 Å². The monoisotopic (exact) mass is 240 g/mol. The van der Waals surface area contributed by atoms with Gasteiger partial charge in [0.15, 0.2) is 0 Å². The van der Waals surface area contributed by atoms with Crippen LogP contribution in [0.15, 0.2) is 48.5 Å². The fourth-order valence-electron chi connectivity index (χ4n) is 2.02. The second kappa shape index (κ2) is 5.58. The smallest absolute Gasteiger partial charge is 0.0365 e. The Labute approximate surface area is 109 Å². The molecular formula is C16H20N2. The first-order chi connectivity index (χ1) is 8.65. The molecule has 2 heteroatoms. The van der Waals surface area contributed by atoms with Crippen molar-refractivity contribution < 1.29 is 0 Å². The zero-order valence-electron chi connectivity index (χ0n) is 11.1. The number of benzene rings is 2. The normalized spacial score (nSPS) is 10.3. The molecule has 2 N–H and O–H groups in total. The predicted octanol–water partition coefficient (Wildman–Crippen LogP) is 3.26. The third-order valence-electron chi connectivity index (χ3n) is 3.15. The van der Waals surface area contributed by atoms with Gasteiger partial charge in [0.2, 0.25) is 0 Å². The molecule has 0 aromatic heterocycles. The number of hydrogen-bond acceptors (Lipinski definition) is 2. The molecule has 0 radical (unpaired) electrons. The van der Waals surface area contributed by atoms with Crippen LogP contribution < -0.4 is 10.6 Å². The van der Waals surface area contributed by atoms with Crippen LogP contribution in [0.5, 0.6) is 0 Å². The van der Waals surface area contributed by atoms with Crippen LogP contribution in [0.1, 0.15) is 11.1 Å². The Hall–Kier alpha value is -1.96. The van der Waals surface area contributed by atoms with Gasteiger partial charge in [-0.1, -0.05) is 29.8 Å². The summed E-state index contributed by atoms with van der Waals surface area (Å²) in [6, 6.07) is 16.7. The number of nitrogens with zero attached hydrogens (tertiary/aromatic N) is 1. The Morgan fingerprint density at radius 1 is 1.06 bits per heavy atom. The molecule has 2 aromatic rings. The van der Waals surface area contributed by atoms with Gasteiger partial charge < -0.3 is 10.6 Å². The van der Waals surface area contributed by atoms with Crippen LogP contribution in [0.4, 0.5) is 11.4 Å². The Morgan fingerprint density at radius 2 is 1.78 bits per heavy atom. The maximum Gasteiger partial charge on any atom is 0.0365 e. The van der Waals surface area contributed by atoms with E-state index < -0.39 is 0 Å². The van der Waals surface area contributed by atoms with Gasteiger partial charge in [0.25, 0.3) is 0 Å². The fraction of sp³-hybridized carbons (Fsp3) is 0.250. The van der Waals surface area contributed by atoms with E-state index >= 15 is 0 Å². The zero-order valence-corrected chi connectivity index (χ0v) is 11.1. The number of rotatable bonds is 4. The minimum atomic E-state index is 0.811. The van der Waals surface area contributed by atoms with Gasteiger partial charge >= 0.3 is 0 Å². The molecule has 18 heavy (non-hydrogen) atoms. The first-order valence-electron chi connectivity index (χ1n) is 6.27. The lowest BCUT2D eigenvalue weighted by Gasteiger charge is -2.19. The number of nitrogens with two attached hydrogens (primary N) is 1. The molecule has 0 heterocycles. The molecule has 0 unspecified atom stereocenters. The summed E-state index contributed by atoms with van der Waals surface area (Å²) < 4.78 is 0. The van der Waals surface area contributed by atoms with Gasteiger partial charge in [0.05, 0.1) is 0 Å². The van der Waals surface area contributed by atoms with E-state index in [0.717, 1.165) is 18.7 Å². The summed E-state index contributed by atoms with van der Waals surface area (Å²) in [5, 5.41) is 0. The van der Waals surface area contributed by atoms with Gasteiger partial charge in [0.1, 0.15) is 0 Å². The molecule has 0 aliphatic carbocycles. The number of anilines is 2. The third kappa shape index (κ3) is 3.27. The lowest BCUT2D eigenvalue weighted by Crippen LogP contribution is -2.20. The van der Waals surface area contributed by atoms with Crippen molar-refractivity contribution in [3.05, 3.63) is 59.7 Å². The molecule has 0 saturated carbocycles. The molecule has 0 amide bonds. The number of aryl methyl sites for hydroxylation is 1. The molecule has 2 nitrogen and oxygen atoms in total. The highest BCUT2D eigenvalue weighted by molar-refractivity contribution is 5.52. The van der Waals surface area contributed by atoms with Crippen molar-refractivity contribution in [1.29, 1.82) is 0 Å². The summed E-state index contributed by atoms with van der Waals surface area (Å²) in [6.07, 6.45) is 1.06. The van der Waals surface area contributed by atoms with Crippen molar-refractivity contribution >= 4 is 11.4 Å². The SMILES string of the molecule is Cc1cccc(CCN(C)c2ccc(N)cc2)c1. The van der Waals surface area contributed by atoms with E-state index in [1.807, 2.05) is 12.1 Å². The molecule has 0 spiro atoms. The van der Waals surface area contributed by atoms with E-state index in [2.05, 4.69) is 55.3 Å². The highest BCUT2D eigenvalue weighted by atomic mass is 15.1. The van der Waals surface area contributed by atoms with Crippen LogP contribution >= 0.6 is 0 Å². The van der Waals surface area contributed by atoms with Crippen molar-refractivity contribution in [2.75, 3.05) is 24.2 Å². The Bertz CT molecular complexity index is 503. The number of likely N-dealkylation sites (N-methyl/N-ethyl adjacent to an activating group) is 1. The van der Waals surface area contributed by atoms with Gasteiger partial charge in [-0.25, -0.2) is 0 Å². The molecule has 0 atom stereocenters. The van der Waals surface area contributed by atoms with Crippen LogP contribution in [-0.4, -0.2) is 13.6 Å². The van der Waals surface area contributed by atoms with E-state index in [1.165, 1.54) is 16.8 Å². The summed E-state index contributed by atoms with van der Waals surface area (Å²) in [7, 11) is 2.11. The van der Waals surface area contributed by atoms with E-state index in [1.54, 1.807) is 0 Å².